The SMILES string of the molecule is N#CCC(=O)N(C(N)=O)c1cccc(Cl)c1. The van der Waals surface area contributed by atoms with Crippen LogP contribution in [0.4, 0.5) is 10.5 Å². The molecule has 0 aliphatic rings. The molecule has 3 amide bonds. The van der Waals surface area contributed by atoms with E-state index in [4.69, 9.17) is 22.6 Å². The van der Waals surface area contributed by atoms with Crippen LogP contribution in [0.5, 0.6) is 0 Å². The fourth-order valence-corrected chi connectivity index (χ4v) is 1.34. The minimum atomic E-state index is -0.942. The standard InChI is InChI=1S/C10H8ClN3O2/c11-7-2-1-3-8(6-7)14(10(13)16)9(15)4-5-12/h1-3,6H,4H2,(H2,13,16). The van der Waals surface area contributed by atoms with Gasteiger partial charge in [0.2, 0.25) is 5.91 Å². The molecule has 0 aliphatic heterocycles. The Balaban J connectivity index is 3.09. The number of carbonyl (C=O) groups is 2. The third-order valence-electron chi connectivity index (χ3n) is 1.77. The molecule has 16 heavy (non-hydrogen) atoms. The van der Waals surface area contributed by atoms with Crippen LogP contribution in [-0.4, -0.2) is 11.9 Å². The van der Waals surface area contributed by atoms with Gasteiger partial charge in [-0.25, -0.2) is 9.69 Å². The van der Waals surface area contributed by atoms with Gasteiger partial charge in [-0.1, -0.05) is 17.7 Å². The number of urea groups is 1. The summed E-state index contributed by atoms with van der Waals surface area (Å²) in [6.07, 6.45) is -0.421. The van der Waals surface area contributed by atoms with E-state index in [0.29, 0.717) is 5.02 Å². The number of hydrogen-bond donors (Lipinski definition) is 1. The van der Waals surface area contributed by atoms with E-state index in [9.17, 15) is 9.59 Å². The molecule has 0 fully saturated rings. The monoisotopic (exact) mass is 237 g/mol. The van der Waals surface area contributed by atoms with E-state index in [1.54, 1.807) is 18.2 Å². The van der Waals surface area contributed by atoms with Crippen molar-refractivity contribution in [1.29, 1.82) is 5.26 Å². The lowest BCUT2D eigenvalue weighted by Crippen LogP contribution is -2.40. The maximum atomic E-state index is 11.5. The number of nitrogens with two attached hydrogens (primary N) is 1. The Bertz CT molecular complexity index is 467. The number of hydrogen-bond acceptors (Lipinski definition) is 3. The number of imide groups is 1. The van der Waals surface area contributed by atoms with Crippen molar-refractivity contribution in [2.24, 2.45) is 5.73 Å². The van der Waals surface area contributed by atoms with Gasteiger partial charge in [0, 0.05) is 5.02 Å². The van der Waals surface area contributed by atoms with Gasteiger partial charge in [-0.2, -0.15) is 5.26 Å². The Hall–Kier alpha value is -2.06. The third-order valence-corrected chi connectivity index (χ3v) is 2.00. The highest BCUT2D eigenvalue weighted by Gasteiger charge is 2.20. The van der Waals surface area contributed by atoms with Crippen LogP contribution in [-0.2, 0) is 4.79 Å². The first-order valence-electron chi connectivity index (χ1n) is 4.31. The molecule has 0 bridgehead atoms. The summed E-state index contributed by atoms with van der Waals surface area (Å²) in [4.78, 5) is 23.3. The summed E-state index contributed by atoms with van der Waals surface area (Å²) in [5.74, 6) is -0.683. The molecule has 0 radical (unpaired) electrons. The molecule has 2 N–H and O–H groups in total. The Labute approximate surface area is 97.0 Å². The van der Waals surface area contributed by atoms with E-state index < -0.39 is 18.4 Å². The van der Waals surface area contributed by atoms with Crippen LogP contribution in [0.25, 0.3) is 0 Å². The van der Waals surface area contributed by atoms with Crippen LogP contribution >= 0.6 is 11.6 Å². The lowest BCUT2D eigenvalue weighted by atomic mass is 10.2. The van der Waals surface area contributed by atoms with Crippen molar-refractivity contribution in [3.05, 3.63) is 29.3 Å². The number of primary amides is 1. The summed E-state index contributed by atoms with van der Waals surface area (Å²) < 4.78 is 0. The second-order valence-electron chi connectivity index (χ2n) is 2.88. The van der Waals surface area contributed by atoms with Gasteiger partial charge in [0.05, 0.1) is 11.8 Å². The lowest BCUT2D eigenvalue weighted by molar-refractivity contribution is -0.116. The minimum absolute atomic E-state index is 0.250. The number of carbonyl (C=O) groups excluding carboxylic acids is 2. The Kier molecular flexibility index (Phi) is 3.86. The van der Waals surface area contributed by atoms with Crippen LogP contribution < -0.4 is 10.6 Å². The fourth-order valence-electron chi connectivity index (χ4n) is 1.16. The fraction of sp³-hybridized carbons (Fsp3) is 0.100. The van der Waals surface area contributed by atoms with Crippen molar-refractivity contribution in [2.45, 2.75) is 6.42 Å². The molecule has 1 aromatic rings. The highest BCUT2D eigenvalue weighted by atomic mass is 35.5. The van der Waals surface area contributed by atoms with Crippen molar-refractivity contribution >= 4 is 29.2 Å². The first-order valence-corrected chi connectivity index (χ1v) is 4.69. The summed E-state index contributed by atoms with van der Waals surface area (Å²) in [7, 11) is 0. The zero-order chi connectivity index (χ0) is 12.1. The van der Waals surface area contributed by atoms with Crippen molar-refractivity contribution in [3.8, 4) is 6.07 Å². The predicted molar refractivity (Wildman–Crippen MR) is 58.8 cm³/mol. The smallest absolute Gasteiger partial charge is 0.326 e. The summed E-state index contributed by atoms with van der Waals surface area (Å²) >= 11 is 5.72. The van der Waals surface area contributed by atoms with Crippen molar-refractivity contribution < 1.29 is 9.59 Å². The third kappa shape index (κ3) is 2.72. The molecule has 0 saturated heterocycles. The maximum Gasteiger partial charge on any atom is 0.326 e. The van der Waals surface area contributed by atoms with E-state index in [1.165, 1.54) is 12.1 Å². The molecule has 0 atom stereocenters. The van der Waals surface area contributed by atoms with Gasteiger partial charge in [-0.3, -0.25) is 4.79 Å². The predicted octanol–water partition coefficient (Wildman–Crippen LogP) is 1.67. The normalized spacial score (nSPS) is 9.25. The number of nitrogens with zero attached hydrogens (tertiary/aromatic N) is 2. The number of amides is 3. The van der Waals surface area contributed by atoms with Gasteiger partial charge in [0.15, 0.2) is 0 Å². The second-order valence-corrected chi connectivity index (χ2v) is 3.32. The maximum absolute atomic E-state index is 11.5. The summed E-state index contributed by atoms with van der Waals surface area (Å²) in [5.41, 5.74) is 5.31. The molecule has 0 heterocycles. The van der Waals surface area contributed by atoms with Crippen molar-refractivity contribution in [2.75, 3.05) is 4.90 Å². The molecular formula is C10H8ClN3O2. The first kappa shape index (κ1) is 12.0. The molecule has 0 aromatic heterocycles. The zero-order valence-electron chi connectivity index (χ0n) is 8.18. The highest BCUT2D eigenvalue weighted by Crippen LogP contribution is 2.19. The second kappa shape index (κ2) is 5.14. The van der Waals surface area contributed by atoms with E-state index in [-0.39, 0.29) is 5.69 Å². The largest absolute Gasteiger partial charge is 0.351 e. The van der Waals surface area contributed by atoms with Crippen LogP contribution in [0.3, 0.4) is 0 Å². The van der Waals surface area contributed by atoms with Gasteiger partial charge in [-0.05, 0) is 18.2 Å². The van der Waals surface area contributed by atoms with Gasteiger partial charge < -0.3 is 5.73 Å². The molecule has 0 spiro atoms. The molecule has 0 unspecified atom stereocenters. The molecule has 82 valence electrons. The minimum Gasteiger partial charge on any atom is -0.351 e. The average Bonchev–Trinajstić information content (AvgIpc) is 2.17. The van der Waals surface area contributed by atoms with E-state index in [0.717, 1.165) is 4.90 Å². The molecule has 6 heteroatoms. The van der Waals surface area contributed by atoms with Crippen LogP contribution in [0.15, 0.2) is 24.3 Å². The van der Waals surface area contributed by atoms with Gasteiger partial charge in [-0.15, -0.1) is 0 Å². The van der Waals surface area contributed by atoms with Crippen LogP contribution in [0.2, 0.25) is 5.02 Å². The number of rotatable bonds is 2. The number of benzene rings is 1. The summed E-state index contributed by atoms with van der Waals surface area (Å²) in [5, 5.41) is 8.76. The molecule has 1 aromatic carbocycles. The summed E-state index contributed by atoms with van der Waals surface area (Å²) in [6, 6.07) is 6.81. The first-order chi connectivity index (χ1) is 7.56. The lowest BCUT2D eigenvalue weighted by Gasteiger charge is -2.17. The van der Waals surface area contributed by atoms with E-state index >= 15 is 0 Å². The van der Waals surface area contributed by atoms with Gasteiger partial charge >= 0.3 is 6.03 Å². The van der Waals surface area contributed by atoms with E-state index in [1.807, 2.05) is 0 Å². The van der Waals surface area contributed by atoms with Gasteiger partial charge in [0.1, 0.15) is 6.42 Å². The zero-order valence-corrected chi connectivity index (χ0v) is 8.94. The molecular weight excluding hydrogens is 230 g/mol. The number of halogens is 1. The van der Waals surface area contributed by atoms with Crippen LogP contribution in [0, 0.1) is 11.3 Å². The summed E-state index contributed by atoms with van der Waals surface area (Å²) in [6.45, 7) is 0. The average molecular weight is 238 g/mol. The van der Waals surface area contributed by atoms with Gasteiger partial charge in [0.25, 0.3) is 0 Å². The Morgan fingerprint density at radius 1 is 1.50 bits per heavy atom. The van der Waals surface area contributed by atoms with Crippen molar-refractivity contribution in [3.63, 3.8) is 0 Å². The van der Waals surface area contributed by atoms with Crippen molar-refractivity contribution in [1.82, 2.24) is 0 Å². The number of nitriles is 1. The highest BCUT2D eigenvalue weighted by molar-refractivity contribution is 6.31. The van der Waals surface area contributed by atoms with Crippen LogP contribution in [0.1, 0.15) is 6.42 Å². The molecule has 1 rings (SSSR count). The Morgan fingerprint density at radius 3 is 2.69 bits per heavy atom. The Morgan fingerprint density at radius 2 is 2.19 bits per heavy atom. The molecule has 0 saturated carbocycles. The quantitative estimate of drug-likeness (QED) is 0.849. The number of anilines is 1. The molecule has 0 aliphatic carbocycles. The molecule has 5 nitrogen and oxygen atoms in total. The topological polar surface area (TPSA) is 87.2 Å². The van der Waals surface area contributed by atoms with E-state index in [2.05, 4.69) is 0 Å².